The Kier molecular flexibility index (Phi) is 7.05. The van der Waals surface area contributed by atoms with Gasteiger partial charge in [-0.15, -0.1) is 0 Å². The molecular weight excluding hydrogens is 248 g/mol. The van der Waals surface area contributed by atoms with E-state index in [9.17, 15) is 9.59 Å². The molecule has 0 heterocycles. The third-order valence-electron chi connectivity index (χ3n) is 3.36. The van der Waals surface area contributed by atoms with Crippen LogP contribution < -0.4 is 0 Å². The number of hydrogen-bond donors (Lipinski definition) is 0. The van der Waals surface area contributed by atoms with Crippen molar-refractivity contribution < 1.29 is 23.8 Å². The first-order valence-electron chi connectivity index (χ1n) is 6.48. The van der Waals surface area contributed by atoms with Gasteiger partial charge in [-0.3, -0.25) is 9.59 Å². The Morgan fingerprint density at radius 3 is 2.00 bits per heavy atom. The first kappa shape index (κ1) is 17.9. The van der Waals surface area contributed by atoms with Gasteiger partial charge in [0, 0.05) is 7.11 Å². The van der Waals surface area contributed by atoms with Crippen LogP contribution in [-0.4, -0.2) is 39.4 Å². The van der Waals surface area contributed by atoms with Crippen LogP contribution in [0.1, 0.15) is 40.5 Å². The van der Waals surface area contributed by atoms with Gasteiger partial charge in [0.25, 0.3) is 0 Å². The summed E-state index contributed by atoms with van der Waals surface area (Å²) in [6.45, 7) is 7.86. The molecule has 5 heteroatoms. The predicted octanol–water partition coefficient (Wildman–Crippen LogP) is 2.18. The van der Waals surface area contributed by atoms with Gasteiger partial charge in [0.05, 0.1) is 24.5 Å². The molecule has 1 unspecified atom stereocenters. The Labute approximate surface area is 115 Å². The smallest absolute Gasteiger partial charge is 0.311 e. The first-order valence-corrected chi connectivity index (χ1v) is 6.48. The SMILES string of the molecule is CCC(C)(CC(C)(C)C(=O)OCCOC)C(=O)OC. The highest BCUT2D eigenvalue weighted by Gasteiger charge is 2.42. The average Bonchev–Trinajstić information content (AvgIpc) is 2.37. The minimum Gasteiger partial charge on any atom is -0.469 e. The quantitative estimate of drug-likeness (QED) is 0.501. The molecule has 19 heavy (non-hydrogen) atoms. The van der Waals surface area contributed by atoms with Crippen LogP contribution in [0.5, 0.6) is 0 Å². The lowest BCUT2D eigenvalue weighted by Gasteiger charge is -2.33. The van der Waals surface area contributed by atoms with Crippen LogP contribution in [0.3, 0.4) is 0 Å². The standard InChI is InChI=1S/C14H26O5/c1-7-14(4,12(16)18-6)10-13(2,3)11(15)19-9-8-17-5/h7-10H2,1-6H3. The molecule has 0 aliphatic rings. The third-order valence-corrected chi connectivity index (χ3v) is 3.36. The van der Waals surface area contributed by atoms with Gasteiger partial charge in [0.2, 0.25) is 0 Å². The predicted molar refractivity (Wildman–Crippen MR) is 71.6 cm³/mol. The zero-order valence-corrected chi connectivity index (χ0v) is 12.9. The highest BCUT2D eigenvalue weighted by Crippen LogP contribution is 2.38. The summed E-state index contributed by atoms with van der Waals surface area (Å²) in [6.07, 6.45) is 0.990. The molecule has 0 aliphatic carbocycles. The van der Waals surface area contributed by atoms with E-state index in [1.807, 2.05) is 13.8 Å². The summed E-state index contributed by atoms with van der Waals surface area (Å²) < 4.78 is 14.8. The molecule has 5 nitrogen and oxygen atoms in total. The first-order chi connectivity index (χ1) is 8.73. The fraction of sp³-hybridized carbons (Fsp3) is 0.857. The lowest BCUT2D eigenvalue weighted by Crippen LogP contribution is -2.38. The Morgan fingerprint density at radius 2 is 1.58 bits per heavy atom. The lowest BCUT2D eigenvalue weighted by molar-refractivity contribution is -0.162. The highest BCUT2D eigenvalue weighted by molar-refractivity contribution is 5.80. The van der Waals surface area contributed by atoms with Gasteiger partial charge in [-0.2, -0.15) is 0 Å². The number of hydrogen-bond acceptors (Lipinski definition) is 5. The molecule has 0 radical (unpaired) electrons. The van der Waals surface area contributed by atoms with Crippen LogP contribution >= 0.6 is 0 Å². The molecule has 0 bridgehead atoms. The average molecular weight is 274 g/mol. The Morgan fingerprint density at radius 1 is 1.00 bits per heavy atom. The second-order valence-electron chi connectivity index (χ2n) is 5.60. The molecule has 1 atom stereocenters. The fourth-order valence-corrected chi connectivity index (χ4v) is 2.05. The molecule has 0 fully saturated rings. The van der Waals surface area contributed by atoms with Crippen molar-refractivity contribution in [1.29, 1.82) is 0 Å². The number of ether oxygens (including phenoxy) is 3. The van der Waals surface area contributed by atoms with E-state index in [2.05, 4.69) is 0 Å². The van der Waals surface area contributed by atoms with E-state index in [4.69, 9.17) is 14.2 Å². The normalized spacial score (nSPS) is 14.6. The van der Waals surface area contributed by atoms with E-state index in [1.165, 1.54) is 7.11 Å². The Hall–Kier alpha value is -1.10. The molecule has 0 aromatic carbocycles. The summed E-state index contributed by atoms with van der Waals surface area (Å²) in [7, 11) is 2.91. The summed E-state index contributed by atoms with van der Waals surface area (Å²) in [6, 6.07) is 0. The van der Waals surface area contributed by atoms with Gasteiger partial charge in [-0.05, 0) is 33.6 Å². The molecule has 0 aliphatic heterocycles. The van der Waals surface area contributed by atoms with Crippen molar-refractivity contribution in [3.8, 4) is 0 Å². The minimum atomic E-state index is -0.743. The van der Waals surface area contributed by atoms with E-state index in [-0.39, 0.29) is 18.5 Å². The van der Waals surface area contributed by atoms with Crippen molar-refractivity contribution in [3.05, 3.63) is 0 Å². The number of esters is 2. The van der Waals surface area contributed by atoms with Crippen molar-refractivity contribution in [2.45, 2.75) is 40.5 Å². The van der Waals surface area contributed by atoms with Gasteiger partial charge < -0.3 is 14.2 Å². The largest absolute Gasteiger partial charge is 0.469 e. The number of carbonyl (C=O) groups excluding carboxylic acids is 2. The van der Waals surface area contributed by atoms with Crippen LogP contribution in [0, 0.1) is 10.8 Å². The van der Waals surface area contributed by atoms with Crippen molar-refractivity contribution in [2.75, 3.05) is 27.4 Å². The maximum atomic E-state index is 12.0. The summed E-state index contributed by atoms with van der Waals surface area (Å²) in [4.78, 5) is 23.8. The Balaban J connectivity index is 4.72. The molecule has 0 saturated heterocycles. The number of rotatable bonds is 8. The fourth-order valence-electron chi connectivity index (χ4n) is 2.05. The highest BCUT2D eigenvalue weighted by atomic mass is 16.6. The van der Waals surface area contributed by atoms with Gasteiger partial charge in [-0.1, -0.05) is 6.92 Å². The maximum Gasteiger partial charge on any atom is 0.311 e. The van der Waals surface area contributed by atoms with Gasteiger partial charge in [-0.25, -0.2) is 0 Å². The van der Waals surface area contributed by atoms with E-state index >= 15 is 0 Å². The molecule has 0 N–H and O–H groups in total. The third kappa shape index (κ3) is 5.19. The van der Waals surface area contributed by atoms with Crippen LogP contribution in [0.15, 0.2) is 0 Å². The van der Waals surface area contributed by atoms with Crippen LogP contribution in [0.4, 0.5) is 0 Å². The maximum absolute atomic E-state index is 12.0. The van der Waals surface area contributed by atoms with Crippen molar-refractivity contribution in [1.82, 2.24) is 0 Å². The van der Waals surface area contributed by atoms with Crippen LogP contribution in [0.25, 0.3) is 0 Å². The summed E-state index contributed by atoms with van der Waals surface area (Å²) in [5.74, 6) is -0.624. The topological polar surface area (TPSA) is 61.8 Å². The van der Waals surface area contributed by atoms with Crippen LogP contribution in [0.2, 0.25) is 0 Å². The van der Waals surface area contributed by atoms with Crippen molar-refractivity contribution in [2.24, 2.45) is 10.8 Å². The van der Waals surface area contributed by atoms with Crippen molar-refractivity contribution >= 4 is 11.9 Å². The zero-order chi connectivity index (χ0) is 15.1. The Bertz CT molecular complexity index is 311. The van der Waals surface area contributed by atoms with Crippen LogP contribution in [-0.2, 0) is 23.8 Å². The zero-order valence-electron chi connectivity index (χ0n) is 12.9. The summed E-state index contributed by atoms with van der Waals surface area (Å²) in [5, 5.41) is 0. The monoisotopic (exact) mass is 274 g/mol. The molecule has 0 rings (SSSR count). The van der Waals surface area contributed by atoms with Crippen molar-refractivity contribution in [3.63, 3.8) is 0 Å². The van der Waals surface area contributed by atoms with E-state index in [0.717, 1.165) is 0 Å². The number of carbonyl (C=O) groups is 2. The van der Waals surface area contributed by atoms with Gasteiger partial charge >= 0.3 is 11.9 Å². The number of methoxy groups -OCH3 is 2. The molecule has 112 valence electrons. The van der Waals surface area contributed by atoms with E-state index < -0.39 is 10.8 Å². The molecule has 0 saturated carbocycles. The van der Waals surface area contributed by atoms with E-state index in [0.29, 0.717) is 19.4 Å². The lowest BCUT2D eigenvalue weighted by atomic mass is 9.72. The molecule has 0 spiro atoms. The minimum absolute atomic E-state index is 0.222. The second-order valence-corrected chi connectivity index (χ2v) is 5.60. The molecule has 0 aromatic heterocycles. The summed E-state index contributed by atoms with van der Waals surface area (Å²) >= 11 is 0. The van der Waals surface area contributed by atoms with Gasteiger partial charge in [0.1, 0.15) is 6.61 Å². The second kappa shape index (κ2) is 7.48. The van der Waals surface area contributed by atoms with Gasteiger partial charge in [0.15, 0.2) is 0 Å². The summed E-state index contributed by atoms with van der Waals surface area (Å²) in [5.41, 5.74) is -1.43. The molecular formula is C14H26O5. The molecule has 0 amide bonds. The van der Waals surface area contributed by atoms with E-state index in [1.54, 1.807) is 21.0 Å². The molecule has 0 aromatic rings.